The van der Waals surface area contributed by atoms with E-state index in [1.807, 2.05) is 73.7 Å². The summed E-state index contributed by atoms with van der Waals surface area (Å²) in [7, 11) is 0. The van der Waals surface area contributed by atoms with E-state index in [-0.39, 0.29) is 24.2 Å². The summed E-state index contributed by atoms with van der Waals surface area (Å²) in [6, 6.07) is 24.5. The van der Waals surface area contributed by atoms with Gasteiger partial charge < -0.3 is 15.0 Å². The van der Waals surface area contributed by atoms with Gasteiger partial charge in [0.05, 0.1) is 5.92 Å². The molecule has 1 fully saturated rings. The molecule has 146 valence electrons. The zero-order chi connectivity index (χ0) is 20.2. The molecule has 5 nitrogen and oxygen atoms in total. The minimum atomic E-state index is -0.373. The molecule has 2 amide bonds. The molecule has 1 atom stereocenters. The van der Waals surface area contributed by atoms with Crippen molar-refractivity contribution in [2.24, 2.45) is 5.92 Å². The third-order valence-electron chi connectivity index (χ3n) is 5.00. The van der Waals surface area contributed by atoms with Crippen molar-refractivity contribution in [3.63, 3.8) is 0 Å². The van der Waals surface area contributed by atoms with Crippen molar-refractivity contribution < 1.29 is 14.3 Å². The molecule has 0 spiro atoms. The summed E-state index contributed by atoms with van der Waals surface area (Å²) in [4.78, 5) is 26.8. The minimum Gasteiger partial charge on any atom is -0.457 e. The van der Waals surface area contributed by atoms with E-state index in [0.717, 1.165) is 17.0 Å². The number of carbonyl (C=O) groups excluding carboxylic acids is 2. The summed E-state index contributed by atoms with van der Waals surface area (Å²) in [5, 5.41) is 2.91. The highest BCUT2D eigenvalue weighted by Gasteiger charge is 2.35. The summed E-state index contributed by atoms with van der Waals surface area (Å²) in [5.74, 6) is 0.903. The van der Waals surface area contributed by atoms with Gasteiger partial charge in [0.25, 0.3) is 0 Å². The third kappa shape index (κ3) is 4.29. The Morgan fingerprint density at radius 2 is 1.59 bits per heavy atom. The van der Waals surface area contributed by atoms with Gasteiger partial charge in [0.1, 0.15) is 11.5 Å². The first-order valence-electron chi connectivity index (χ1n) is 9.60. The topological polar surface area (TPSA) is 58.6 Å². The standard InChI is InChI=1S/C24H22N2O3/c1-17-7-5-6-10-22(17)26-16-18(15-23(26)27)24(28)25-19-11-13-21(14-12-19)29-20-8-3-2-4-9-20/h2-14,18H,15-16H2,1H3,(H,25,28). The van der Waals surface area contributed by atoms with Gasteiger partial charge in [-0.05, 0) is 55.0 Å². The normalized spacial score (nSPS) is 16.0. The summed E-state index contributed by atoms with van der Waals surface area (Å²) in [6.07, 6.45) is 0.218. The molecule has 5 heteroatoms. The number of aryl methyl sites for hydroxylation is 1. The van der Waals surface area contributed by atoms with E-state index in [1.165, 1.54) is 0 Å². The number of hydrogen-bond acceptors (Lipinski definition) is 3. The van der Waals surface area contributed by atoms with E-state index in [2.05, 4.69) is 5.32 Å². The van der Waals surface area contributed by atoms with Crippen LogP contribution in [0.2, 0.25) is 0 Å². The summed E-state index contributed by atoms with van der Waals surface area (Å²) >= 11 is 0. The number of nitrogens with zero attached hydrogens (tertiary/aromatic N) is 1. The van der Waals surface area contributed by atoms with Crippen molar-refractivity contribution in [2.45, 2.75) is 13.3 Å². The highest BCUT2D eigenvalue weighted by atomic mass is 16.5. The van der Waals surface area contributed by atoms with E-state index in [9.17, 15) is 9.59 Å². The fourth-order valence-corrected chi connectivity index (χ4v) is 3.46. The fraction of sp³-hybridized carbons (Fsp3) is 0.167. The molecule has 3 aromatic carbocycles. The molecular weight excluding hydrogens is 364 g/mol. The lowest BCUT2D eigenvalue weighted by Crippen LogP contribution is -2.28. The van der Waals surface area contributed by atoms with Crippen molar-refractivity contribution in [1.29, 1.82) is 0 Å². The lowest BCUT2D eigenvalue weighted by atomic mass is 10.1. The average molecular weight is 386 g/mol. The molecule has 0 bridgehead atoms. The van der Waals surface area contributed by atoms with E-state index in [4.69, 9.17) is 4.74 Å². The number of amides is 2. The first kappa shape index (κ1) is 18.7. The Labute approximate surface area is 169 Å². The van der Waals surface area contributed by atoms with Crippen LogP contribution in [0.4, 0.5) is 11.4 Å². The first-order valence-corrected chi connectivity index (χ1v) is 9.60. The lowest BCUT2D eigenvalue weighted by Gasteiger charge is -2.19. The number of para-hydroxylation sites is 2. The number of benzene rings is 3. The molecule has 1 aliphatic heterocycles. The second-order valence-electron chi connectivity index (χ2n) is 7.12. The summed E-state index contributed by atoms with van der Waals surface area (Å²) < 4.78 is 5.76. The van der Waals surface area contributed by atoms with Crippen LogP contribution in [0.1, 0.15) is 12.0 Å². The van der Waals surface area contributed by atoms with Crippen molar-refractivity contribution in [3.8, 4) is 11.5 Å². The van der Waals surface area contributed by atoms with Gasteiger partial charge in [-0.25, -0.2) is 0 Å². The molecule has 4 rings (SSSR count). The Morgan fingerprint density at radius 1 is 0.931 bits per heavy atom. The molecule has 0 radical (unpaired) electrons. The van der Waals surface area contributed by atoms with Gasteiger partial charge in [-0.3, -0.25) is 9.59 Å². The Bertz CT molecular complexity index is 1020. The van der Waals surface area contributed by atoms with E-state index >= 15 is 0 Å². The zero-order valence-electron chi connectivity index (χ0n) is 16.2. The third-order valence-corrected chi connectivity index (χ3v) is 5.00. The molecule has 1 heterocycles. The number of ether oxygens (including phenoxy) is 1. The largest absolute Gasteiger partial charge is 0.457 e. The van der Waals surface area contributed by atoms with Crippen LogP contribution in [0.5, 0.6) is 11.5 Å². The number of nitrogens with one attached hydrogen (secondary N) is 1. The molecule has 1 N–H and O–H groups in total. The Morgan fingerprint density at radius 3 is 2.31 bits per heavy atom. The molecule has 0 saturated carbocycles. The first-order chi connectivity index (χ1) is 14.1. The maximum absolute atomic E-state index is 12.7. The number of rotatable bonds is 5. The van der Waals surface area contributed by atoms with E-state index in [0.29, 0.717) is 18.0 Å². The van der Waals surface area contributed by atoms with Crippen LogP contribution in [0.3, 0.4) is 0 Å². The molecular formula is C24H22N2O3. The fourth-order valence-electron chi connectivity index (χ4n) is 3.46. The highest BCUT2D eigenvalue weighted by molar-refractivity contribution is 6.03. The van der Waals surface area contributed by atoms with Crippen LogP contribution in [-0.4, -0.2) is 18.4 Å². The van der Waals surface area contributed by atoms with Crippen molar-refractivity contribution in [1.82, 2.24) is 0 Å². The second kappa shape index (κ2) is 8.19. The van der Waals surface area contributed by atoms with Gasteiger partial charge in [-0.15, -0.1) is 0 Å². The van der Waals surface area contributed by atoms with Crippen LogP contribution in [0.25, 0.3) is 0 Å². The van der Waals surface area contributed by atoms with Gasteiger partial charge in [-0.2, -0.15) is 0 Å². The number of carbonyl (C=O) groups is 2. The second-order valence-corrected chi connectivity index (χ2v) is 7.12. The van der Waals surface area contributed by atoms with Gasteiger partial charge in [0.15, 0.2) is 0 Å². The lowest BCUT2D eigenvalue weighted by molar-refractivity contribution is -0.122. The van der Waals surface area contributed by atoms with Gasteiger partial charge in [0.2, 0.25) is 11.8 Å². The van der Waals surface area contributed by atoms with Crippen molar-refractivity contribution >= 4 is 23.2 Å². The van der Waals surface area contributed by atoms with Crippen LogP contribution in [0.15, 0.2) is 78.9 Å². The summed E-state index contributed by atoms with van der Waals surface area (Å²) in [5.41, 5.74) is 2.57. The molecule has 0 aromatic heterocycles. The maximum Gasteiger partial charge on any atom is 0.229 e. The molecule has 1 unspecified atom stereocenters. The zero-order valence-corrected chi connectivity index (χ0v) is 16.2. The molecule has 29 heavy (non-hydrogen) atoms. The van der Waals surface area contributed by atoms with E-state index in [1.54, 1.807) is 17.0 Å². The molecule has 1 saturated heterocycles. The van der Waals surface area contributed by atoms with Crippen LogP contribution >= 0.6 is 0 Å². The van der Waals surface area contributed by atoms with Crippen LogP contribution < -0.4 is 15.0 Å². The van der Waals surface area contributed by atoms with Gasteiger partial charge >= 0.3 is 0 Å². The summed E-state index contributed by atoms with van der Waals surface area (Å²) in [6.45, 7) is 2.36. The molecule has 3 aromatic rings. The molecule has 0 aliphatic carbocycles. The number of anilines is 2. The Kier molecular flexibility index (Phi) is 5.29. The Balaban J connectivity index is 1.38. The van der Waals surface area contributed by atoms with Crippen LogP contribution in [-0.2, 0) is 9.59 Å². The van der Waals surface area contributed by atoms with Crippen molar-refractivity contribution in [3.05, 3.63) is 84.4 Å². The van der Waals surface area contributed by atoms with Gasteiger partial charge in [-0.1, -0.05) is 36.4 Å². The minimum absolute atomic E-state index is 0.0222. The SMILES string of the molecule is Cc1ccccc1N1CC(C(=O)Nc2ccc(Oc3ccccc3)cc2)CC1=O. The predicted molar refractivity (Wildman–Crippen MR) is 113 cm³/mol. The van der Waals surface area contributed by atoms with E-state index < -0.39 is 0 Å². The Hall–Kier alpha value is -3.60. The average Bonchev–Trinajstić information content (AvgIpc) is 3.12. The van der Waals surface area contributed by atoms with Gasteiger partial charge in [0, 0.05) is 24.3 Å². The predicted octanol–water partition coefficient (Wildman–Crippen LogP) is 4.78. The monoisotopic (exact) mass is 386 g/mol. The van der Waals surface area contributed by atoms with Crippen molar-refractivity contribution in [2.75, 3.05) is 16.8 Å². The highest BCUT2D eigenvalue weighted by Crippen LogP contribution is 2.29. The molecule has 1 aliphatic rings. The maximum atomic E-state index is 12.7. The smallest absolute Gasteiger partial charge is 0.229 e. The van der Waals surface area contributed by atoms with Crippen LogP contribution in [0, 0.1) is 12.8 Å². The number of hydrogen-bond donors (Lipinski definition) is 1. The quantitative estimate of drug-likeness (QED) is 0.687.